The zero-order chi connectivity index (χ0) is 14.4. The van der Waals surface area contributed by atoms with Crippen LogP contribution in [0.15, 0.2) is 15.9 Å². The first-order chi connectivity index (χ1) is 9.67. The van der Waals surface area contributed by atoms with Crippen LogP contribution in [0.5, 0.6) is 0 Å². The minimum absolute atomic E-state index is 0.502. The summed E-state index contributed by atoms with van der Waals surface area (Å²) in [5, 5.41) is 5.67. The third kappa shape index (κ3) is 4.57. The molecule has 1 fully saturated rings. The summed E-state index contributed by atoms with van der Waals surface area (Å²) in [7, 11) is 2.11. The van der Waals surface area contributed by atoms with Gasteiger partial charge < -0.3 is 5.32 Å². The highest BCUT2D eigenvalue weighted by Crippen LogP contribution is 2.43. The number of thiophene rings is 1. The van der Waals surface area contributed by atoms with Crippen LogP contribution in [0, 0.1) is 11.3 Å². The van der Waals surface area contributed by atoms with Gasteiger partial charge in [0.15, 0.2) is 0 Å². The van der Waals surface area contributed by atoms with Gasteiger partial charge in [-0.1, -0.05) is 26.2 Å². The molecule has 1 aromatic rings. The largest absolute Gasteiger partial charge is 0.319 e. The summed E-state index contributed by atoms with van der Waals surface area (Å²) in [5.41, 5.74) is 0.502. The number of unbranched alkanes of at least 4 members (excludes halogenated alkanes) is 1. The molecule has 1 aliphatic rings. The second kappa shape index (κ2) is 7.95. The zero-order valence-electron chi connectivity index (χ0n) is 12.9. The van der Waals surface area contributed by atoms with Gasteiger partial charge in [0.05, 0.1) is 0 Å². The molecule has 0 spiro atoms. The average molecular weight is 358 g/mol. The molecular formula is C17H28BrNS. The Balaban J connectivity index is 1.94. The molecular weight excluding hydrogens is 330 g/mol. The van der Waals surface area contributed by atoms with Gasteiger partial charge in [-0.15, -0.1) is 11.3 Å². The second-order valence-corrected chi connectivity index (χ2v) is 8.44. The molecule has 0 unspecified atom stereocenters. The molecule has 20 heavy (non-hydrogen) atoms. The monoisotopic (exact) mass is 357 g/mol. The van der Waals surface area contributed by atoms with Crippen molar-refractivity contribution in [1.82, 2.24) is 5.32 Å². The van der Waals surface area contributed by atoms with E-state index in [0.717, 1.165) is 5.92 Å². The van der Waals surface area contributed by atoms with Crippen LogP contribution in [-0.4, -0.2) is 13.6 Å². The van der Waals surface area contributed by atoms with Gasteiger partial charge in [-0.3, -0.25) is 0 Å². The molecule has 3 heteroatoms. The summed E-state index contributed by atoms with van der Waals surface area (Å²) in [6, 6.07) is 2.31. The normalized spacial score (nSPS) is 26.9. The van der Waals surface area contributed by atoms with Gasteiger partial charge in [0.2, 0.25) is 0 Å². The molecule has 0 aliphatic heterocycles. The predicted octanol–water partition coefficient (Wildman–Crippen LogP) is 5.64. The standard InChI is InChI=1S/C17H28BrNS/c1-3-4-5-14-6-8-17(9-7-14,13-19-2)11-16-10-15(18)12-20-16/h10,12,14,19H,3-9,11,13H2,1-2H3. The maximum atomic E-state index is 3.59. The SMILES string of the molecule is CCCCC1CCC(CNC)(Cc2cc(Br)cs2)CC1. The van der Waals surface area contributed by atoms with Crippen LogP contribution in [0.4, 0.5) is 0 Å². The first-order valence-electron chi connectivity index (χ1n) is 8.05. The lowest BCUT2D eigenvalue weighted by Crippen LogP contribution is -2.38. The lowest BCUT2D eigenvalue weighted by atomic mass is 9.67. The van der Waals surface area contributed by atoms with E-state index in [1.54, 1.807) is 4.88 Å². The fourth-order valence-electron chi connectivity index (χ4n) is 3.68. The maximum Gasteiger partial charge on any atom is 0.0285 e. The van der Waals surface area contributed by atoms with E-state index in [4.69, 9.17) is 0 Å². The number of hydrogen-bond acceptors (Lipinski definition) is 2. The van der Waals surface area contributed by atoms with Crippen LogP contribution in [0.3, 0.4) is 0 Å². The molecule has 1 nitrogen and oxygen atoms in total. The Kier molecular flexibility index (Phi) is 6.57. The zero-order valence-corrected chi connectivity index (χ0v) is 15.3. The van der Waals surface area contributed by atoms with Gasteiger partial charge in [-0.25, -0.2) is 0 Å². The molecule has 0 amide bonds. The minimum Gasteiger partial charge on any atom is -0.319 e. The summed E-state index contributed by atoms with van der Waals surface area (Å²) >= 11 is 5.49. The molecule has 0 radical (unpaired) electrons. The van der Waals surface area contributed by atoms with Crippen molar-refractivity contribution >= 4 is 27.3 Å². The van der Waals surface area contributed by atoms with Gasteiger partial charge in [-0.2, -0.15) is 0 Å². The Morgan fingerprint density at radius 2 is 2.15 bits per heavy atom. The van der Waals surface area contributed by atoms with Crippen LogP contribution < -0.4 is 5.32 Å². The molecule has 0 bridgehead atoms. The molecule has 114 valence electrons. The van der Waals surface area contributed by atoms with Crippen LogP contribution in [0.2, 0.25) is 0 Å². The van der Waals surface area contributed by atoms with Crippen molar-refractivity contribution in [3.05, 3.63) is 20.8 Å². The molecule has 1 aliphatic carbocycles. The average Bonchev–Trinajstić information content (AvgIpc) is 2.84. The van der Waals surface area contributed by atoms with E-state index in [0.29, 0.717) is 5.41 Å². The summed E-state index contributed by atoms with van der Waals surface area (Å²) in [6.07, 6.45) is 11.2. The highest BCUT2D eigenvalue weighted by Gasteiger charge is 2.35. The lowest BCUT2D eigenvalue weighted by Gasteiger charge is -2.40. The van der Waals surface area contributed by atoms with E-state index in [2.05, 4.69) is 46.7 Å². The molecule has 0 atom stereocenters. The van der Waals surface area contributed by atoms with Gasteiger partial charge in [-0.05, 0) is 72.5 Å². The van der Waals surface area contributed by atoms with Crippen molar-refractivity contribution in [2.24, 2.45) is 11.3 Å². The van der Waals surface area contributed by atoms with E-state index in [1.165, 1.54) is 62.4 Å². The fourth-order valence-corrected chi connectivity index (χ4v) is 5.30. The minimum atomic E-state index is 0.502. The van der Waals surface area contributed by atoms with Crippen molar-refractivity contribution in [3.63, 3.8) is 0 Å². The summed E-state index contributed by atoms with van der Waals surface area (Å²) in [5.74, 6) is 0.995. The predicted molar refractivity (Wildman–Crippen MR) is 93.6 cm³/mol. The van der Waals surface area contributed by atoms with E-state index in [9.17, 15) is 0 Å². The van der Waals surface area contributed by atoms with E-state index in [1.807, 2.05) is 11.3 Å². The molecule has 1 heterocycles. The van der Waals surface area contributed by atoms with Gasteiger partial charge in [0.25, 0.3) is 0 Å². The first kappa shape index (κ1) is 16.5. The van der Waals surface area contributed by atoms with Crippen LogP contribution >= 0.6 is 27.3 Å². The molecule has 0 aromatic carbocycles. The van der Waals surface area contributed by atoms with Crippen molar-refractivity contribution in [3.8, 4) is 0 Å². The van der Waals surface area contributed by atoms with Crippen LogP contribution in [0.1, 0.15) is 56.7 Å². The lowest BCUT2D eigenvalue weighted by molar-refractivity contribution is 0.142. The van der Waals surface area contributed by atoms with Crippen LogP contribution in [0.25, 0.3) is 0 Å². The maximum absolute atomic E-state index is 3.59. The van der Waals surface area contributed by atoms with Crippen LogP contribution in [-0.2, 0) is 6.42 Å². The smallest absolute Gasteiger partial charge is 0.0285 e. The molecule has 1 saturated carbocycles. The Hall–Kier alpha value is 0.140. The highest BCUT2D eigenvalue weighted by atomic mass is 79.9. The van der Waals surface area contributed by atoms with Gasteiger partial charge in [0, 0.05) is 21.3 Å². The van der Waals surface area contributed by atoms with E-state index < -0.39 is 0 Å². The Morgan fingerprint density at radius 3 is 2.70 bits per heavy atom. The second-order valence-electron chi connectivity index (χ2n) is 6.52. The number of rotatable bonds is 7. The Bertz CT molecular complexity index is 393. The van der Waals surface area contributed by atoms with Crippen molar-refractivity contribution in [2.45, 2.75) is 58.3 Å². The van der Waals surface area contributed by atoms with Crippen molar-refractivity contribution in [1.29, 1.82) is 0 Å². The van der Waals surface area contributed by atoms with Crippen molar-refractivity contribution in [2.75, 3.05) is 13.6 Å². The summed E-state index contributed by atoms with van der Waals surface area (Å²) in [6.45, 7) is 3.48. The summed E-state index contributed by atoms with van der Waals surface area (Å²) in [4.78, 5) is 1.54. The summed E-state index contributed by atoms with van der Waals surface area (Å²) < 4.78 is 1.24. The topological polar surface area (TPSA) is 12.0 Å². The third-order valence-corrected chi connectivity index (χ3v) is 6.55. The first-order valence-corrected chi connectivity index (χ1v) is 9.72. The number of nitrogens with one attached hydrogen (secondary N) is 1. The van der Waals surface area contributed by atoms with Gasteiger partial charge >= 0.3 is 0 Å². The van der Waals surface area contributed by atoms with E-state index >= 15 is 0 Å². The highest BCUT2D eigenvalue weighted by molar-refractivity contribution is 9.10. The Morgan fingerprint density at radius 1 is 1.40 bits per heavy atom. The number of hydrogen-bond donors (Lipinski definition) is 1. The molecule has 1 aromatic heterocycles. The molecule has 0 saturated heterocycles. The third-order valence-electron chi connectivity index (χ3n) is 4.85. The number of halogens is 1. The van der Waals surface area contributed by atoms with E-state index in [-0.39, 0.29) is 0 Å². The Labute approximate surface area is 136 Å². The molecule has 1 N–H and O–H groups in total. The molecule has 2 rings (SSSR count). The van der Waals surface area contributed by atoms with Crippen molar-refractivity contribution < 1.29 is 0 Å². The quantitative estimate of drug-likeness (QED) is 0.665. The fraction of sp³-hybridized carbons (Fsp3) is 0.765. The van der Waals surface area contributed by atoms with Gasteiger partial charge in [0.1, 0.15) is 0 Å².